The fourth-order valence-electron chi connectivity index (χ4n) is 6.46. The van der Waals surface area contributed by atoms with E-state index in [1.54, 1.807) is 72.8 Å². The Hall–Kier alpha value is -5.48. The van der Waals surface area contributed by atoms with Crippen molar-refractivity contribution in [3.63, 3.8) is 0 Å². The number of sulfonamides is 1. The van der Waals surface area contributed by atoms with Crippen molar-refractivity contribution >= 4 is 27.5 Å². The van der Waals surface area contributed by atoms with Crippen LogP contribution >= 0.6 is 0 Å². The lowest BCUT2D eigenvalue weighted by atomic mass is 9.94. The van der Waals surface area contributed by atoms with Gasteiger partial charge >= 0.3 is 0 Å². The smallest absolute Gasteiger partial charge is 0.264 e. The highest BCUT2D eigenvalue weighted by Gasteiger charge is 2.35. The van der Waals surface area contributed by atoms with E-state index in [1.807, 2.05) is 48.5 Å². The van der Waals surface area contributed by atoms with Crippen LogP contribution in [0.5, 0.6) is 11.5 Å². The van der Waals surface area contributed by atoms with E-state index in [0.29, 0.717) is 11.5 Å². The van der Waals surface area contributed by atoms with E-state index in [2.05, 4.69) is 5.32 Å². The van der Waals surface area contributed by atoms with Gasteiger partial charge < -0.3 is 15.0 Å². The third-order valence-electron chi connectivity index (χ3n) is 9.23. The van der Waals surface area contributed by atoms with E-state index in [9.17, 15) is 18.0 Å². The van der Waals surface area contributed by atoms with Crippen molar-refractivity contribution in [2.75, 3.05) is 10.8 Å². The van der Waals surface area contributed by atoms with Crippen LogP contribution in [0.1, 0.15) is 43.2 Å². The topological polar surface area (TPSA) is 96.0 Å². The molecule has 0 radical (unpaired) electrons. The number of anilines is 1. The maximum atomic E-state index is 15.3. The zero-order chi connectivity index (χ0) is 36.3. The van der Waals surface area contributed by atoms with E-state index in [4.69, 9.17) is 4.74 Å². The largest absolute Gasteiger partial charge is 0.457 e. The van der Waals surface area contributed by atoms with Crippen LogP contribution in [0, 0.1) is 5.82 Å². The number of nitrogens with zero attached hydrogens (tertiary/aromatic N) is 2. The molecule has 0 spiro atoms. The molecule has 52 heavy (non-hydrogen) atoms. The number of amides is 2. The lowest BCUT2D eigenvalue weighted by molar-refractivity contribution is -0.140. The molecule has 0 unspecified atom stereocenters. The fraction of sp³-hybridized carbons (Fsp3) is 0.238. The minimum atomic E-state index is -4.29. The molecule has 1 aliphatic carbocycles. The van der Waals surface area contributed by atoms with Crippen LogP contribution in [0.3, 0.4) is 0 Å². The highest BCUT2D eigenvalue weighted by atomic mass is 32.2. The molecular formula is C42H42FN3O5S. The molecule has 2 amide bonds. The number of nitrogens with one attached hydrogen (secondary N) is 1. The summed E-state index contributed by atoms with van der Waals surface area (Å²) in [5.74, 6) is -0.470. The Morgan fingerprint density at radius 3 is 1.96 bits per heavy atom. The van der Waals surface area contributed by atoms with Gasteiger partial charge in [0, 0.05) is 24.6 Å². The van der Waals surface area contributed by atoms with Crippen molar-refractivity contribution in [3.05, 3.63) is 156 Å². The molecule has 1 fully saturated rings. The molecule has 0 heterocycles. The van der Waals surface area contributed by atoms with Gasteiger partial charge in [0.05, 0.1) is 10.6 Å². The number of halogens is 1. The van der Waals surface area contributed by atoms with Gasteiger partial charge in [-0.2, -0.15) is 0 Å². The van der Waals surface area contributed by atoms with Crippen LogP contribution in [-0.4, -0.2) is 43.8 Å². The second-order valence-electron chi connectivity index (χ2n) is 12.9. The Balaban J connectivity index is 1.38. The van der Waals surface area contributed by atoms with Crippen LogP contribution < -0.4 is 14.4 Å². The van der Waals surface area contributed by atoms with Gasteiger partial charge in [-0.05, 0) is 73.0 Å². The predicted molar refractivity (Wildman–Crippen MR) is 200 cm³/mol. The molecule has 0 aromatic heterocycles. The molecular weight excluding hydrogens is 678 g/mol. The molecule has 8 nitrogen and oxygen atoms in total. The normalized spacial score (nSPS) is 13.9. The molecule has 1 N–H and O–H groups in total. The first kappa shape index (κ1) is 36.3. The second-order valence-corrected chi connectivity index (χ2v) is 14.8. The molecule has 10 heteroatoms. The highest BCUT2D eigenvalue weighted by molar-refractivity contribution is 7.92. The van der Waals surface area contributed by atoms with E-state index < -0.39 is 34.3 Å². The van der Waals surface area contributed by atoms with Gasteiger partial charge in [0.1, 0.15) is 29.9 Å². The fourth-order valence-corrected chi connectivity index (χ4v) is 7.90. The highest BCUT2D eigenvalue weighted by Crippen LogP contribution is 2.29. The van der Waals surface area contributed by atoms with Crippen LogP contribution in [0.2, 0.25) is 0 Å². The van der Waals surface area contributed by atoms with Gasteiger partial charge in [-0.1, -0.05) is 104 Å². The van der Waals surface area contributed by atoms with Crippen molar-refractivity contribution in [1.29, 1.82) is 0 Å². The molecule has 0 aliphatic heterocycles. The number of ether oxygens (including phenoxy) is 1. The zero-order valence-corrected chi connectivity index (χ0v) is 29.6. The van der Waals surface area contributed by atoms with E-state index in [0.717, 1.165) is 42.0 Å². The zero-order valence-electron chi connectivity index (χ0n) is 28.8. The molecule has 1 saturated carbocycles. The number of para-hydroxylation sites is 1. The Bertz CT molecular complexity index is 2030. The Morgan fingerprint density at radius 2 is 1.31 bits per heavy atom. The van der Waals surface area contributed by atoms with Crippen LogP contribution in [0.15, 0.2) is 144 Å². The van der Waals surface area contributed by atoms with Crippen molar-refractivity contribution in [2.24, 2.45) is 0 Å². The summed E-state index contributed by atoms with van der Waals surface area (Å²) in [7, 11) is -4.29. The molecule has 5 aromatic carbocycles. The number of rotatable bonds is 14. The van der Waals surface area contributed by atoms with E-state index in [-0.39, 0.29) is 41.1 Å². The van der Waals surface area contributed by atoms with Crippen molar-refractivity contribution in [1.82, 2.24) is 10.2 Å². The van der Waals surface area contributed by atoms with Gasteiger partial charge in [-0.25, -0.2) is 12.8 Å². The predicted octanol–water partition coefficient (Wildman–Crippen LogP) is 7.90. The summed E-state index contributed by atoms with van der Waals surface area (Å²) in [5, 5.41) is 3.17. The number of benzene rings is 5. The van der Waals surface area contributed by atoms with Crippen molar-refractivity contribution in [3.8, 4) is 11.5 Å². The summed E-state index contributed by atoms with van der Waals surface area (Å²) in [4.78, 5) is 30.3. The molecule has 6 rings (SSSR count). The van der Waals surface area contributed by atoms with E-state index in [1.165, 1.54) is 23.1 Å². The Morgan fingerprint density at radius 1 is 0.731 bits per heavy atom. The third-order valence-corrected chi connectivity index (χ3v) is 11.0. The second kappa shape index (κ2) is 17.2. The molecule has 1 aliphatic rings. The lowest BCUT2D eigenvalue weighted by Gasteiger charge is -2.35. The van der Waals surface area contributed by atoms with Gasteiger partial charge in [-0.15, -0.1) is 0 Å². The standard InChI is InChI=1S/C42H42FN3O5S/c43-39-24-14-13-17-33(39)30-45(40(29-32-15-5-1-6-16-32)42(48)44-34-18-7-2-8-19-34)41(47)31-46(52(49,50)38-22-11-4-12-23-38)35-25-27-37(28-26-35)51-36-20-9-3-10-21-36/h1,3-6,9-17,20-28,34,40H,2,7-8,18-19,29-31H2,(H,44,48)/t40-/m0/s1. The van der Waals surface area contributed by atoms with Crippen LogP contribution in [-0.2, 0) is 32.6 Å². The molecule has 0 saturated heterocycles. The monoisotopic (exact) mass is 719 g/mol. The first-order valence-corrected chi connectivity index (χ1v) is 19.0. The molecule has 5 aromatic rings. The first-order chi connectivity index (χ1) is 25.3. The number of hydrogen-bond acceptors (Lipinski definition) is 5. The van der Waals surface area contributed by atoms with Gasteiger partial charge in [0.25, 0.3) is 10.0 Å². The third kappa shape index (κ3) is 9.24. The van der Waals surface area contributed by atoms with Crippen molar-refractivity contribution in [2.45, 2.75) is 62.0 Å². The Kier molecular flexibility index (Phi) is 12.0. The molecule has 268 valence electrons. The minimum absolute atomic E-state index is 0.0102. The van der Waals surface area contributed by atoms with Crippen LogP contribution in [0.4, 0.5) is 10.1 Å². The van der Waals surface area contributed by atoms with Gasteiger partial charge in [-0.3, -0.25) is 13.9 Å². The average Bonchev–Trinajstić information content (AvgIpc) is 3.17. The summed E-state index contributed by atoms with van der Waals surface area (Å²) in [6.07, 6.45) is 4.90. The summed E-state index contributed by atoms with van der Waals surface area (Å²) in [6.45, 7) is -0.892. The van der Waals surface area contributed by atoms with Gasteiger partial charge in [0.2, 0.25) is 11.8 Å². The maximum Gasteiger partial charge on any atom is 0.264 e. The summed E-state index contributed by atoms with van der Waals surface area (Å²) in [5.41, 5.74) is 1.23. The summed E-state index contributed by atoms with van der Waals surface area (Å²) >= 11 is 0. The number of carbonyl (C=O) groups is 2. The molecule has 0 bridgehead atoms. The summed E-state index contributed by atoms with van der Waals surface area (Å²) < 4.78 is 50.9. The average molecular weight is 720 g/mol. The van der Waals surface area contributed by atoms with Crippen molar-refractivity contribution < 1.29 is 27.1 Å². The SMILES string of the molecule is O=C(NC1CCCCC1)[C@H](Cc1ccccc1)N(Cc1ccccc1F)C(=O)CN(c1ccc(Oc2ccccc2)cc1)S(=O)(=O)c1ccccc1. The van der Waals surface area contributed by atoms with Gasteiger partial charge in [0.15, 0.2) is 0 Å². The first-order valence-electron chi connectivity index (χ1n) is 17.6. The minimum Gasteiger partial charge on any atom is -0.457 e. The molecule has 1 atom stereocenters. The quantitative estimate of drug-likeness (QED) is 0.126. The van der Waals surface area contributed by atoms with Crippen LogP contribution in [0.25, 0.3) is 0 Å². The summed E-state index contributed by atoms with van der Waals surface area (Å²) in [6, 6.07) is 37.8. The number of hydrogen-bond donors (Lipinski definition) is 1. The van der Waals surface area contributed by atoms with E-state index >= 15 is 4.39 Å². The number of carbonyl (C=O) groups excluding carboxylic acids is 2. The Labute approximate surface area is 304 Å². The maximum absolute atomic E-state index is 15.3. The lowest BCUT2D eigenvalue weighted by Crippen LogP contribution is -2.55.